The summed E-state index contributed by atoms with van der Waals surface area (Å²) in [5, 5.41) is 21.9. The largest absolute Gasteiger partial charge is 0.390 e. The number of fused-ring (bicyclic) bond motifs is 5. The van der Waals surface area contributed by atoms with Crippen LogP contribution in [0.5, 0.6) is 0 Å². The number of rotatable bonds is 0. The Hall–Kier alpha value is -0.740. The van der Waals surface area contributed by atoms with E-state index in [-0.39, 0.29) is 17.6 Å². The van der Waals surface area contributed by atoms with Crippen LogP contribution in [-0.2, 0) is 4.79 Å². The van der Waals surface area contributed by atoms with Crippen LogP contribution in [-0.4, -0.2) is 33.4 Å². The van der Waals surface area contributed by atoms with Crippen molar-refractivity contribution in [2.24, 2.45) is 22.7 Å². The Morgan fingerprint density at radius 1 is 1.12 bits per heavy atom. The van der Waals surface area contributed by atoms with Crippen molar-refractivity contribution in [2.75, 3.05) is 0 Å². The van der Waals surface area contributed by atoms with Crippen molar-refractivity contribution in [2.45, 2.75) is 83.1 Å². The van der Waals surface area contributed by atoms with Gasteiger partial charge >= 0.3 is 0 Å². The molecule has 4 rings (SSSR count). The maximum Gasteiger partial charge on any atom is 0.155 e. The summed E-state index contributed by atoms with van der Waals surface area (Å²) in [6, 6.07) is 0. The standard InChI is InChI=1S/C20H29FO3/c1-17-8-6-13(22)10-12(17)4-5-15-14-7-9-19(3,24)18(14,2)11-16(23)20(15,17)21/h10,14-16,23-24H,4-9,11H2,1-3H3/t14-,15-,16+,17-,18-,19-,20-/m0/s1. The van der Waals surface area contributed by atoms with Gasteiger partial charge in [0, 0.05) is 23.2 Å². The monoisotopic (exact) mass is 336 g/mol. The number of hydrogen-bond acceptors (Lipinski definition) is 3. The van der Waals surface area contributed by atoms with Gasteiger partial charge in [-0.25, -0.2) is 4.39 Å². The number of halogens is 1. The molecule has 0 heterocycles. The Labute approximate surface area is 143 Å². The molecule has 2 N–H and O–H groups in total. The fourth-order valence-corrected chi connectivity index (χ4v) is 6.79. The van der Waals surface area contributed by atoms with Crippen molar-refractivity contribution in [1.29, 1.82) is 0 Å². The van der Waals surface area contributed by atoms with Gasteiger partial charge in [0.15, 0.2) is 5.78 Å². The molecule has 0 aliphatic heterocycles. The molecule has 7 atom stereocenters. The molecule has 134 valence electrons. The van der Waals surface area contributed by atoms with E-state index in [2.05, 4.69) is 0 Å². The zero-order chi connectivity index (χ0) is 17.5. The maximum atomic E-state index is 16.6. The van der Waals surface area contributed by atoms with Crippen molar-refractivity contribution in [3.05, 3.63) is 11.6 Å². The quantitative estimate of drug-likeness (QED) is 0.713. The molecule has 0 aromatic heterocycles. The van der Waals surface area contributed by atoms with E-state index in [0.29, 0.717) is 32.1 Å². The van der Waals surface area contributed by atoms with Crippen LogP contribution in [0.25, 0.3) is 0 Å². The molecule has 0 saturated heterocycles. The van der Waals surface area contributed by atoms with Crippen molar-refractivity contribution >= 4 is 5.78 Å². The number of aliphatic hydroxyl groups excluding tert-OH is 1. The van der Waals surface area contributed by atoms with E-state index in [1.807, 2.05) is 20.8 Å². The number of allylic oxidation sites excluding steroid dienone is 1. The highest BCUT2D eigenvalue weighted by Crippen LogP contribution is 2.70. The molecular formula is C20H29FO3. The number of aliphatic hydroxyl groups is 2. The predicted octanol–water partition coefficient (Wildman–Crippen LogP) is 3.33. The highest BCUT2D eigenvalue weighted by atomic mass is 19.1. The molecule has 0 aromatic carbocycles. The average molecular weight is 336 g/mol. The average Bonchev–Trinajstić information content (AvgIpc) is 2.72. The molecule has 3 saturated carbocycles. The van der Waals surface area contributed by atoms with E-state index >= 15 is 4.39 Å². The number of carbonyl (C=O) groups excluding carboxylic acids is 1. The van der Waals surface area contributed by atoms with Gasteiger partial charge in [0.1, 0.15) is 5.67 Å². The van der Waals surface area contributed by atoms with Crippen LogP contribution in [0, 0.1) is 22.7 Å². The van der Waals surface area contributed by atoms with E-state index in [4.69, 9.17) is 0 Å². The van der Waals surface area contributed by atoms with Gasteiger partial charge in [-0.1, -0.05) is 19.4 Å². The second kappa shape index (κ2) is 4.70. The van der Waals surface area contributed by atoms with Crippen LogP contribution in [0.2, 0.25) is 0 Å². The minimum absolute atomic E-state index is 0.0865. The van der Waals surface area contributed by atoms with Crippen molar-refractivity contribution in [3.8, 4) is 0 Å². The zero-order valence-corrected chi connectivity index (χ0v) is 14.9. The third-order valence-electron chi connectivity index (χ3n) is 8.60. The lowest BCUT2D eigenvalue weighted by Gasteiger charge is -2.63. The molecule has 0 spiro atoms. The van der Waals surface area contributed by atoms with Gasteiger partial charge in [-0.15, -0.1) is 0 Å². The topological polar surface area (TPSA) is 57.5 Å². The summed E-state index contributed by atoms with van der Waals surface area (Å²) in [6.07, 6.45) is 4.60. The number of carbonyl (C=O) groups is 1. The fraction of sp³-hybridized carbons (Fsp3) is 0.850. The number of alkyl halides is 1. The minimum Gasteiger partial charge on any atom is -0.390 e. The molecule has 4 aliphatic carbocycles. The van der Waals surface area contributed by atoms with Crippen LogP contribution in [0.1, 0.15) is 65.7 Å². The number of hydrogen-bond donors (Lipinski definition) is 2. The molecule has 4 aliphatic rings. The Morgan fingerprint density at radius 2 is 1.83 bits per heavy atom. The first-order chi connectivity index (χ1) is 11.1. The Balaban J connectivity index is 1.82. The molecule has 24 heavy (non-hydrogen) atoms. The molecule has 3 fully saturated rings. The van der Waals surface area contributed by atoms with Gasteiger partial charge in [-0.2, -0.15) is 0 Å². The Bertz CT molecular complexity index is 626. The van der Waals surface area contributed by atoms with E-state index < -0.39 is 28.2 Å². The van der Waals surface area contributed by atoms with Crippen molar-refractivity contribution in [1.82, 2.24) is 0 Å². The lowest BCUT2D eigenvalue weighted by Crippen LogP contribution is -2.68. The lowest BCUT2D eigenvalue weighted by atomic mass is 9.44. The van der Waals surface area contributed by atoms with E-state index in [9.17, 15) is 15.0 Å². The van der Waals surface area contributed by atoms with E-state index in [1.54, 1.807) is 6.08 Å². The first-order valence-corrected chi connectivity index (χ1v) is 9.39. The normalized spacial score (nSPS) is 57.0. The second-order valence-electron chi connectivity index (χ2n) is 9.44. The molecule has 4 heteroatoms. The molecule has 0 aromatic rings. The lowest BCUT2D eigenvalue weighted by molar-refractivity contribution is -0.225. The third kappa shape index (κ3) is 1.72. The van der Waals surface area contributed by atoms with Crippen LogP contribution >= 0.6 is 0 Å². The highest BCUT2D eigenvalue weighted by Gasteiger charge is 2.72. The summed E-state index contributed by atoms with van der Waals surface area (Å²) in [7, 11) is 0. The first kappa shape index (κ1) is 16.7. The van der Waals surface area contributed by atoms with E-state index in [1.165, 1.54) is 0 Å². The van der Waals surface area contributed by atoms with Crippen molar-refractivity contribution < 1.29 is 19.4 Å². The van der Waals surface area contributed by atoms with Crippen LogP contribution in [0.4, 0.5) is 4.39 Å². The van der Waals surface area contributed by atoms with Gasteiger partial charge in [-0.05, 0) is 57.4 Å². The molecule has 3 nitrogen and oxygen atoms in total. The van der Waals surface area contributed by atoms with Gasteiger partial charge in [0.2, 0.25) is 0 Å². The summed E-state index contributed by atoms with van der Waals surface area (Å²) < 4.78 is 16.6. The molecular weight excluding hydrogens is 307 g/mol. The smallest absolute Gasteiger partial charge is 0.155 e. The molecule has 0 amide bonds. The van der Waals surface area contributed by atoms with Gasteiger partial charge in [-0.3, -0.25) is 4.79 Å². The Kier molecular flexibility index (Phi) is 3.27. The second-order valence-corrected chi connectivity index (χ2v) is 9.44. The van der Waals surface area contributed by atoms with Crippen LogP contribution in [0.15, 0.2) is 11.6 Å². The molecule has 0 radical (unpaired) electrons. The maximum absolute atomic E-state index is 16.6. The first-order valence-electron chi connectivity index (χ1n) is 9.39. The fourth-order valence-electron chi connectivity index (χ4n) is 6.79. The summed E-state index contributed by atoms with van der Waals surface area (Å²) >= 11 is 0. The molecule has 0 bridgehead atoms. The van der Waals surface area contributed by atoms with Gasteiger partial charge in [0.25, 0.3) is 0 Å². The van der Waals surface area contributed by atoms with Crippen LogP contribution in [0.3, 0.4) is 0 Å². The minimum atomic E-state index is -1.69. The molecule has 0 unspecified atom stereocenters. The zero-order valence-electron chi connectivity index (χ0n) is 14.9. The SMILES string of the molecule is C[C@]1(O)CC[C@H]2[C@@H]3CCC4=CC(=O)CC[C@]4(C)[C@@]3(F)[C@H](O)C[C@@]21C. The van der Waals surface area contributed by atoms with Gasteiger partial charge in [0.05, 0.1) is 11.7 Å². The summed E-state index contributed by atoms with van der Waals surface area (Å²) in [4.78, 5) is 11.8. The number of ketones is 1. The summed E-state index contributed by atoms with van der Waals surface area (Å²) in [5.41, 5.74) is -2.83. The van der Waals surface area contributed by atoms with Crippen molar-refractivity contribution in [3.63, 3.8) is 0 Å². The predicted molar refractivity (Wildman–Crippen MR) is 89.1 cm³/mol. The summed E-state index contributed by atoms with van der Waals surface area (Å²) in [6.45, 7) is 5.79. The van der Waals surface area contributed by atoms with E-state index in [0.717, 1.165) is 18.4 Å². The van der Waals surface area contributed by atoms with Gasteiger partial charge < -0.3 is 10.2 Å². The third-order valence-corrected chi connectivity index (χ3v) is 8.60. The Morgan fingerprint density at radius 3 is 2.54 bits per heavy atom. The van der Waals surface area contributed by atoms with Crippen LogP contribution < -0.4 is 0 Å². The highest BCUT2D eigenvalue weighted by molar-refractivity contribution is 5.91. The summed E-state index contributed by atoms with van der Waals surface area (Å²) in [5.74, 6) is -0.0593.